The van der Waals surface area contributed by atoms with Crippen molar-refractivity contribution < 1.29 is 28.1 Å². The molecule has 13 heteroatoms. The van der Waals surface area contributed by atoms with Gasteiger partial charge in [-0.3, -0.25) is 8.87 Å². The number of benzene rings is 1. The number of nitriles is 1. The second-order valence-corrected chi connectivity index (χ2v) is 9.27. The molecule has 1 aliphatic rings. The SMILES string of the molecule is CCN(/C=C1/O[C@@H](n2ccc3c(N)ncnc32)[C@H](O)[C@@H]1O)S(=O)(=O)c1ccc(OC)c(C#N)c1. The summed E-state index contributed by atoms with van der Waals surface area (Å²) in [5.74, 6) is 0.333. The van der Waals surface area contributed by atoms with Crippen LogP contribution in [0.1, 0.15) is 18.7 Å². The third-order valence-corrected chi connectivity index (χ3v) is 7.29. The number of ether oxygens (including phenoxy) is 2. The standard InChI is InChI=1S/C21H22N6O6S/c1-3-26(34(30,31)13-4-5-15(32-2)12(8-13)9-22)10-16-17(28)18(29)21(33-16)27-7-6-14-19(23)24-11-25-20(14)27/h4-8,10-11,17-18,21,28-29H,3H2,1-2H3,(H2,23,24,25)/b16-10+/t17-,18-,21-/m1/s1. The van der Waals surface area contributed by atoms with E-state index < -0.39 is 28.5 Å². The molecule has 1 aliphatic heterocycles. The highest BCUT2D eigenvalue weighted by molar-refractivity contribution is 7.89. The highest BCUT2D eigenvalue weighted by Crippen LogP contribution is 2.35. The molecule has 0 aliphatic carbocycles. The van der Waals surface area contributed by atoms with E-state index >= 15 is 0 Å². The summed E-state index contributed by atoms with van der Waals surface area (Å²) in [6, 6.07) is 7.45. The third kappa shape index (κ3) is 3.77. The monoisotopic (exact) mass is 486 g/mol. The zero-order valence-electron chi connectivity index (χ0n) is 18.2. The Morgan fingerprint density at radius 1 is 1.35 bits per heavy atom. The number of aliphatic hydroxyl groups excluding tert-OH is 2. The lowest BCUT2D eigenvalue weighted by atomic mass is 10.2. The Kier molecular flexibility index (Phi) is 6.05. The molecule has 4 N–H and O–H groups in total. The molecule has 3 atom stereocenters. The lowest BCUT2D eigenvalue weighted by Crippen LogP contribution is -2.29. The van der Waals surface area contributed by atoms with Gasteiger partial charge in [0.2, 0.25) is 6.23 Å². The number of hydrogen-bond acceptors (Lipinski definition) is 10. The predicted molar refractivity (Wildman–Crippen MR) is 119 cm³/mol. The van der Waals surface area contributed by atoms with E-state index in [2.05, 4.69) is 9.97 Å². The van der Waals surface area contributed by atoms with Crippen molar-refractivity contribution in [3.05, 3.63) is 54.3 Å². The van der Waals surface area contributed by atoms with Gasteiger partial charge in [0.05, 0.1) is 29.2 Å². The minimum atomic E-state index is -4.12. The van der Waals surface area contributed by atoms with Crippen molar-refractivity contribution in [3.63, 3.8) is 0 Å². The number of sulfonamides is 1. The molecule has 1 aromatic carbocycles. The van der Waals surface area contributed by atoms with Gasteiger partial charge in [-0.25, -0.2) is 18.4 Å². The van der Waals surface area contributed by atoms with Gasteiger partial charge in [0.15, 0.2) is 0 Å². The molecule has 3 heterocycles. The molecular weight excluding hydrogens is 464 g/mol. The zero-order valence-corrected chi connectivity index (χ0v) is 19.0. The molecule has 1 saturated heterocycles. The summed E-state index contributed by atoms with van der Waals surface area (Å²) in [7, 11) is -2.74. The van der Waals surface area contributed by atoms with Crippen molar-refractivity contribution in [2.75, 3.05) is 19.4 Å². The molecule has 1 fully saturated rings. The third-order valence-electron chi connectivity index (χ3n) is 5.46. The Morgan fingerprint density at radius 2 is 2.12 bits per heavy atom. The van der Waals surface area contributed by atoms with Gasteiger partial charge < -0.3 is 25.4 Å². The molecule has 178 valence electrons. The molecule has 12 nitrogen and oxygen atoms in total. The van der Waals surface area contributed by atoms with Crippen LogP contribution in [-0.2, 0) is 14.8 Å². The van der Waals surface area contributed by atoms with E-state index in [0.717, 1.165) is 10.5 Å². The van der Waals surface area contributed by atoms with Crippen molar-refractivity contribution in [3.8, 4) is 11.8 Å². The minimum absolute atomic E-state index is 0.00714. The fourth-order valence-electron chi connectivity index (χ4n) is 3.67. The predicted octanol–water partition coefficient (Wildman–Crippen LogP) is 0.697. The van der Waals surface area contributed by atoms with Crippen LogP contribution in [-0.4, -0.2) is 63.3 Å². The van der Waals surface area contributed by atoms with Gasteiger partial charge in [-0.15, -0.1) is 0 Å². The highest BCUT2D eigenvalue weighted by atomic mass is 32.2. The van der Waals surface area contributed by atoms with Crippen LogP contribution in [0.5, 0.6) is 5.75 Å². The summed E-state index contributed by atoms with van der Waals surface area (Å²) in [6.07, 6.45) is -0.0379. The van der Waals surface area contributed by atoms with Crippen LogP contribution >= 0.6 is 0 Å². The first-order valence-electron chi connectivity index (χ1n) is 10.1. The van der Waals surface area contributed by atoms with E-state index in [1.165, 1.54) is 36.2 Å². The fourth-order valence-corrected chi connectivity index (χ4v) is 5.03. The maximum atomic E-state index is 13.2. The number of methoxy groups -OCH3 is 1. The summed E-state index contributed by atoms with van der Waals surface area (Å²) in [5, 5.41) is 31.0. The summed E-state index contributed by atoms with van der Waals surface area (Å²) in [5.41, 5.74) is 6.29. The lowest BCUT2D eigenvalue weighted by Gasteiger charge is -2.20. The first-order valence-corrected chi connectivity index (χ1v) is 11.6. The Bertz CT molecular complexity index is 1410. The quantitative estimate of drug-likeness (QED) is 0.449. The number of nitrogen functional groups attached to an aromatic ring is 1. The van der Waals surface area contributed by atoms with Crippen LogP contribution in [0.25, 0.3) is 11.0 Å². The summed E-state index contributed by atoms with van der Waals surface area (Å²) in [4.78, 5) is 7.93. The Morgan fingerprint density at radius 3 is 2.79 bits per heavy atom. The van der Waals surface area contributed by atoms with E-state index in [9.17, 15) is 23.9 Å². The average Bonchev–Trinajstić information content (AvgIpc) is 3.38. The highest BCUT2D eigenvalue weighted by Gasteiger charge is 2.42. The van der Waals surface area contributed by atoms with Crippen molar-refractivity contribution in [1.29, 1.82) is 5.26 Å². The van der Waals surface area contributed by atoms with Crippen molar-refractivity contribution >= 4 is 26.9 Å². The number of rotatable bonds is 6. The van der Waals surface area contributed by atoms with Crippen molar-refractivity contribution in [1.82, 2.24) is 18.8 Å². The van der Waals surface area contributed by atoms with Crippen LogP contribution in [0.15, 0.2) is 53.6 Å². The van der Waals surface area contributed by atoms with Crippen molar-refractivity contribution in [2.24, 2.45) is 0 Å². The molecule has 3 aromatic rings. The van der Waals surface area contributed by atoms with Crippen LogP contribution < -0.4 is 10.5 Å². The molecule has 0 bridgehead atoms. The molecule has 0 saturated carbocycles. The first kappa shape index (κ1) is 23.3. The Hall–Kier alpha value is -3.86. The van der Waals surface area contributed by atoms with Gasteiger partial charge in [-0.05, 0) is 31.2 Å². The summed E-state index contributed by atoms with van der Waals surface area (Å²) < 4.78 is 39.7. The number of aliphatic hydroxyl groups is 2. The number of anilines is 1. The van der Waals surface area contributed by atoms with E-state index in [1.54, 1.807) is 19.2 Å². The molecule has 0 amide bonds. The molecular formula is C21H22N6O6S. The lowest BCUT2D eigenvalue weighted by molar-refractivity contribution is -0.0116. The fraction of sp³-hybridized carbons (Fsp3) is 0.286. The van der Waals surface area contributed by atoms with Crippen LogP contribution in [0.4, 0.5) is 5.82 Å². The molecule has 34 heavy (non-hydrogen) atoms. The molecule has 4 rings (SSSR count). The molecule has 0 spiro atoms. The topological polar surface area (TPSA) is 177 Å². The van der Waals surface area contributed by atoms with Gasteiger partial charge in [0, 0.05) is 12.7 Å². The number of hydrogen-bond donors (Lipinski definition) is 3. The van der Waals surface area contributed by atoms with Crippen LogP contribution in [0, 0.1) is 11.3 Å². The first-order chi connectivity index (χ1) is 16.2. The second-order valence-electron chi connectivity index (χ2n) is 7.38. The number of fused-ring (bicyclic) bond motifs is 1. The van der Waals surface area contributed by atoms with Gasteiger partial charge in [0.25, 0.3) is 10.0 Å². The average molecular weight is 487 g/mol. The smallest absolute Gasteiger partial charge is 0.263 e. The van der Waals surface area contributed by atoms with Gasteiger partial charge in [0.1, 0.15) is 47.6 Å². The molecule has 0 radical (unpaired) electrons. The molecule has 0 unspecified atom stereocenters. The number of nitrogens with zero attached hydrogens (tertiary/aromatic N) is 5. The summed E-state index contributed by atoms with van der Waals surface area (Å²) >= 11 is 0. The van der Waals surface area contributed by atoms with E-state index in [0.29, 0.717) is 11.0 Å². The maximum absolute atomic E-state index is 13.2. The van der Waals surface area contributed by atoms with E-state index in [4.69, 9.17) is 15.2 Å². The number of aromatic nitrogens is 3. The van der Waals surface area contributed by atoms with Gasteiger partial charge in [-0.2, -0.15) is 5.26 Å². The maximum Gasteiger partial charge on any atom is 0.263 e. The second kappa shape index (κ2) is 8.82. The molecule has 2 aromatic heterocycles. The van der Waals surface area contributed by atoms with E-state index in [-0.39, 0.29) is 34.3 Å². The Balaban J connectivity index is 1.68. The van der Waals surface area contributed by atoms with Gasteiger partial charge >= 0.3 is 0 Å². The largest absolute Gasteiger partial charge is 0.495 e. The van der Waals surface area contributed by atoms with Crippen molar-refractivity contribution in [2.45, 2.75) is 30.3 Å². The normalized spacial score (nSPS) is 21.4. The minimum Gasteiger partial charge on any atom is -0.495 e. The van der Waals surface area contributed by atoms with E-state index in [1.807, 2.05) is 6.07 Å². The zero-order chi connectivity index (χ0) is 24.6. The number of nitrogens with two attached hydrogens (primary N) is 1. The summed E-state index contributed by atoms with van der Waals surface area (Å²) in [6.45, 7) is 1.59. The van der Waals surface area contributed by atoms with Crippen LogP contribution in [0.3, 0.4) is 0 Å². The van der Waals surface area contributed by atoms with Gasteiger partial charge in [-0.1, -0.05) is 0 Å². The Labute approximate surface area is 195 Å². The van der Waals surface area contributed by atoms with Crippen LogP contribution in [0.2, 0.25) is 0 Å².